The van der Waals surface area contributed by atoms with Gasteiger partial charge in [0.05, 0.1) is 5.75 Å². The number of hydrogen-bond acceptors (Lipinski definition) is 3. The van der Waals surface area contributed by atoms with E-state index in [0.29, 0.717) is 12.4 Å². The fraction of sp³-hybridized carbons (Fsp3) is 0.636. The number of nitrogens with one attached hydrogen (secondary N) is 1. The molecular weight excluding hydrogens is 278 g/mol. The first-order valence-electron chi connectivity index (χ1n) is 5.57. The molecule has 98 valence electrons. The molecule has 0 saturated heterocycles. The van der Waals surface area contributed by atoms with E-state index >= 15 is 0 Å². The van der Waals surface area contributed by atoms with Crippen LogP contribution in [0.5, 0.6) is 0 Å². The molecule has 1 atom stereocenters. The number of hydrogen-bond donors (Lipinski definition) is 1. The number of rotatable bonds is 7. The maximum atomic E-state index is 11.7. The molecule has 0 aromatic carbocycles. The maximum Gasteiger partial charge on any atom is 0.212 e. The minimum atomic E-state index is -3.22. The van der Waals surface area contributed by atoms with Crippen LogP contribution in [0.2, 0.25) is 0 Å². The van der Waals surface area contributed by atoms with E-state index in [9.17, 15) is 8.42 Å². The minimum absolute atomic E-state index is 0.0243. The van der Waals surface area contributed by atoms with E-state index in [0.717, 1.165) is 11.3 Å². The molecule has 1 rings (SSSR count). The van der Waals surface area contributed by atoms with Crippen molar-refractivity contribution in [2.75, 3.05) is 11.6 Å². The molecule has 0 spiro atoms. The van der Waals surface area contributed by atoms with Crippen LogP contribution in [-0.2, 0) is 23.0 Å². The van der Waals surface area contributed by atoms with Gasteiger partial charge in [0, 0.05) is 22.2 Å². The summed E-state index contributed by atoms with van der Waals surface area (Å²) in [6, 6.07) is 4.01. The molecular formula is C11H18ClNO2S2. The van der Waals surface area contributed by atoms with Crippen molar-refractivity contribution in [3.8, 4) is 0 Å². The summed E-state index contributed by atoms with van der Waals surface area (Å²) < 4.78 is 26.0. The van der Waals surface area contributed by atoms with Crippen molar-refractivity contribution in [2.45, 2.75) is 26.8 Å². The number of sulfonamides is 1. The van der Waals surface area contributed by atoms with Gasteiger partial charge in [-0.3, -0.25) is 0 Å². The Morgan fingerprint density at radius 1 is 1.41 bits per heavy atom. The predicted molar refractivity (Wildman–Crippen MR) is 74.2 cm³/mol. The van der Waals surface area contributed by atoms with E-state index < -0.39 is 10.0 Å². The molecule has 0 saturated carbocycles. The van der Waals surface area contributed by atoms with Gasteiger partial charge >= 0.3 is 0 Å². The normalized spacial score (nSPS) is 13.8. The van der Waals surface area contributed by atoms with E-state index in [1.54, 1.807) is 11.3 Å². The molecule has 1 aromatic heterocycles. The summed E-state index contributed by atoms with van der Waals surface area (Å²) in [6.45, 7) is 4.29. The second kappa shape index (κ2) is 6.73. The molecule has 1 unspecified atom stereocenters. The summed E-state index contributed by atoms with van der Waals surface area (Å²) in [5.74, 6) is 0.422. The Hall–Kier alpha value is -0.100. The van der Waals surface area contributed by atoms with Crippen molar-refractivity contribution < 1.29 is 8.42 Å². The van der Waals surface area contributed by atoms with Crippen LogP contribution in [-0.4, -0.2) is 20.1 Å². The summed E-state index contributed by atoms with van der Waals surface area (Å²) in [7, 11) is -3.22. The molecule has 1 aromatic rings. The molecule has 0 aliphatic rings. The van der Waals surface area contributed by atoms with Crippen molar-refractivity contribution in [1.29, 1.82) is 0 Å². The average molecular weight is 296 g/mol. The molecule has 6 heteroatoms. The van der Waals surface area contributed by atoms with E-state index in [1.807, 2.05) is 19.1 Å². The van der Waals surface area contributed by atoms with Crippen molar-refractivity contribution in [1.82, 2.24) is 4.72 Å². The van der Waals surface area contributed by atoms with Crippen LogP contribution >= 0.6 is 22.9 Å². The molecule has 0 aliphatic carbocycles. The quantitative estimate of drug-likeness (QED) is 0.786. The van der Waals surface area contributed by atoms with Crippen LogP contribution in [0, 0.1) is 5.92 Å². The first kappa shape index (κ1) is 15.0. The fourth-order valence-electron chi connectivity index (χ4n) is 1.37. The van der Waals surface area contributed by atoms with Gasteiger partial charge in [-0.1, -0.05) is 13.8 Å². The third-order valence-electron chi connectivity index (χ3n) is 2.30. The first-order chi connectivity index (χ1) is 7.96. The Labute approximate surface area is 112 Å². The standard InChI is InChI=1S/C11H18ClNO2S2/c1-3-10-4-5-11(16-10)7-13-17(14,15)8-9(2)6-12/h4-5,9,13H,3,6-8H2,1-2H3. The molecule has 0 radical (unpaired) electrons. The lowest BCUT2D eigenvalue weighted by molar-refractivity contribution is 0.569. The van der Waals surface area contributed by atoms with Gasteiger partial charge in [0.1, 0.15) is 0 Å². The first-order valence-corrected chi connectivity index (χ1v) is 8.58. The Kier molecular flexibility index (Phi) is 5.92. The van der Waals surface area contributed by atoms with Gasteiger partial charge in [-0.05, 0) is 24.5 Å². The molecule has 17 heavy (non-hydrogen) atoms. The van der Waals surface area contributed by atoms with Gasteiger partial charge < -0.3 is 0 Å². The lowest BCUT2D eigenvalue weighted by atomic mass is 10.3. The maximum absolute atomic E-state index is 11.7. The number of aryl methyl sites for hydroxylation is 1. The third kappa shape index (κ3) is 5.38. The zero-order chi connectivity index (χ0) is 12.9. The van der Waals surface area contributed by atoms with Gasteiger partial charge in [-0.25, -0.2) is 13.1 Å². The van der Waals surface area contributed by atoms with Crippen molar-refractivity contribution in [3.05, 3.63) is 21.9 Å². The lowest BCUT2D eigenvalue weighted by Crippen LogP contribution is -2.28. The molecule has 0 amide bonds. The minimum Gasteiger partial charge on any atom is -0.212 e. The van der Waals surface area contributed by atoms with Crippen molar-refractivity contribution in [2.24, 2.45) is 5.92 Å². The van der Waals surface area contributed by atoms with Gasteiger partial charge in [0.25, 0.3) is 0 Å². The Morgan fingerprint density at radius 3 is 2.59 bits per heavy atom. The Morgan fingerprint density at radius 2 is 2.06 bits per heavy atom. The van der Waals surface area contributed by atoms with E-state index in [1.165, 1.54) is 4.88 Å². The van der Waals surface area contributed by atoms with E-state index in [4.69, 9.17) is 11.6 Å². The highest BCUT2D eigenvalue weighted by Gasteiger charge is 2.14. The summed E-state index contributed by atoms with van der Waals surface area (Å²) in [4.78, 5) is 2.32. The number of thiophene rings is 1. The summed E-state index contributed by atoms with van der Waals surface area (Å²) in [5.41, 5.74) is 0. The molecule has 3 nitrogen and oxygen atoms in total. The van der Waals surface area contributed by atoms with Gasteiger partial charge in [-0.15, -0.1) is 22.9 Å². The third-order valence-corrected chi connectivity index (χ3v) is 5.65. The SMILES string of the molecule is CCc1ccc(CNS(=O)(=O)CC(C)CCl)s1. The smallest absolute Gasteiger partial charge is 0.212 e. The predicted octanol–water partition coefficient (Wildman–Crippen LogP) is 2.60. The van der Waals surface area contributed by atoms with Crippen molar-refractivity contribution >= 4 is 33.0 Å². The van der Waals surface area contributed by atoms with Crippen LogP contribution in [0.4, 0.5) is 0 Å². The van der Waals surface area contributed by atoms with Gasteiger partial charge in [0.15, 0.2) is 0 Å². The summed E-state index contributed by atoms with van der Waals surface area (Å²) in [5, 5.41) is 0. The topological polar surface area (TPSA) is 46.2 Å². The van der Waals surface area contributed by atoms with Crippen LogP contribution in [0.1, 0.15) is 23.6 Å². The molecule has 0 aliphatic heterocycles. The number of alkyl halides is 1. The zero-order valence-electron chi connectivity index (χ0n) is 10.1. The largest absolute Gasteiger partial charge is 0.212 e. The highest BCUT2D eigenvalue weighted by atomic mass is 35.5. The van der Waals surface area contributed by atoms with Crippen LogP contribution in [0.25, 0.3) is 0 Å². The lowest BCUT2D eigenvalue weighted by Gasteiger charge is -2.09. The molecule has 0 fully saturated rings. The molecule has 1 heterocycles. The van der Waals surface area contributed by atoms with Gasteiger partial charge in [0.2, 0.25) is 10.0 Å². The summed E-state index contributed by atoms with van der Waals surface area (Å²) in [6.07, 6.45) is 0.987. The second-order valence-electron chi connectivity index (χ2n) is 4.08. The van der Waals surface area contributed by atoms with Crippen molar-refractivity contribution in [3.63, 3.8) is 0 Å². The van der Waals surface area contributed by atoms with E-state index in [-0.39, 0.29) is 11.7 Å². The molecule has 0 bridgehead atoms. The van der Waals surface area contributed by atoms with Crippen LogP contribution in [0.15, 0.2) is 12.1 Å². The summed E-state index contributed by atoms with van der Waals surface area (Å²) >= 11 is 7.25. The van der Waals surface area contributed by atoms with Crippen LogP contribution in [0.3, 0.4) is 0 Å². The van der Waals surface area contributed by atoms with Crippen LogP contribution < -0.4 is 4.72 Å². The Bertz CT molecular complexity index is 442. The Balaban J connectivity index is 2.49. The van der Waals surface area contributed by atoms with Gasteiger partial charge in [-0.2, -0.15) is 0 Å². The van der Waals surface area contributed by atoms with E-state index in [2.05, 4.69) is 11.6 Å². The highest BCUT2D eigenvalue weighted by Crippen LogP contribution is 2.16. The second-order valence-corrected chi connectivity index (χ2v) is 7.50. The number of halogens is 1. The fourth-order valence-corrected chi connectivity index (χ4v) is 3.95. The highest BCUT2D eigenvalue weighted by molar-refractivity contribution is 7.89. The molecule has 1 N–H and O–H groups in total. The zero-order valence-corrected chi connectivity index (χ0v) is 12.5. The average Bonchev–Trinajstić information content (AvgIpc) is 2.73. The monoisotopic (exact) mass is 295 g/mol.